The summed E-state index contributed by atoms with van der Waals surface area (Å²) in [6, 6.07) is 5.79. The second-order valence-corrected chi connectivity index (χ2v) is 11.0. The molecule has 42 heavy (non-hydrogen) atoms. The monoisotopic (exact) mass is 630 g/mol. The molecule has 4 heterocycles. The number of aromatic nitrogens is 2. The summed E-state index contributed by atoms with van der Waals surface area (Å²) in [5.41, 5.74) is -0.595. The van der Waals surface area contributed by atoms with Gasteiger partial charge >= 0.3 is 6.09 Å². The number of hydrogen-bond acceptors (Lipinski definition) is 11. The van der Waals surface area contributed by atoms with Crippen LogP contribution in [0.25, 0.3) is 0 Å². The Morgan fingerprint density at radius 2 is 1.33 bits per heavy atom. The molecular weight excluding hydrogens is 595 g/mol. The third-order valence-electron chi connectivity index (χ3n) is 5.82. The van der Waals surface area contributed by atoms with Crippen molar-refractivity contribution in [3.63, 3.8) is 0 Å². The second kappa shape index (κ2) is 17.5. The number of carbonyl (C=O) groups is 1. The lowest BCUT2D eigenvalue weighted by Gasteiger charge is -2.33. The van der Waals surface area contributed by atoms with Crippen molar-refractivity contribution in [2.45, 2.75) is 64.3 Å². The molecule has 2 aliphatic rings. The van der Waals surface area contributed by atoms with Crippen LogP contribution in [0.3, 0.4) is 0 Å². The zero-order chi connectivity index (χ0) is 31.1. The number of nitro groups is 2. The Morgan fingerprint density at radius 3 is 1.69 bits per heavy atom. The largest absolute Gasteiger partial charge is 0.474 e. The quantitative estimate of drug-likeness (QED) is 0.249. The Morgan fingerprint density at radius 1 is 0.905 bits per heavy atom. The van der Waals surface area contributed by atoms with Crippen LogP contribution in [-0.2, 0) is 4.74 Å². The van der Waals surface area contributed by atoms with Gasteiger partial charge in [0.05, 0.1) is 15.2 Å². The molecule has 0 saturated carbocycles. The zero-order valence-corrected chi connectivity index (χ0v) is 25.3. The first-order valence-corrected chi connectivity index (χ1v) is 14.3. The highest BCUT2D eigenvalue weighted by atomic mass is 35.5. The van der Waals surface area contributed by atoms with E-state index in [0.29, 0.717) is 37.7 Å². The average molecular weight is 632 g/mol. The lowest BCUT2D eigenvalue weighted by atomic mass is 10.1. The van der Waals surface area contributed by atoms with Gasteiger partial charge in [-0.05, 0) is 46.7 Å². The third kappa shape index (κ3) is 13.0. The van der Waals surface area contributed by atoms with Crippen molar-refractivity contribution in [1.29, 1.82) is 0 Å². The number of carbonyl (C=O) groups excluding carboxylic acids is 1. The molecule has 0 radical (unpaired) electrons. The number of halogens is 2. The molecule has 0 aromatic carbocycles. The van der Waals surface area contributed by atoms with Crippen LogP contribution in [0.2, 0.25) is 0 Å². The van der Waals surface area contributed by atoms with Gasteiger partial charge in [-0.2, -0.15) is 0 Å². The lowest BCUT2D eigenvalue weighted by molar-refractivity contribution is -0.385. The minimum atomic E-state index is -0.507. The van der Waals surface area contributed by atoms with Crippen molar-refractivity contribution < 1.29 is 28.9 Å². The highest BCUT2D eigenvalue weighted by Crippen LogP contribution is 2.21. The zero-order valence-electron chi connectivity index (χ0n) is 23.7. The summed E-state index contributed by atoms with van der Waals surface area (Å²) >= 11 is 9.53. The molecule has 232 valence electrons. The van der Waals surface area contributed by atoms with Gasteiger partial charge in [-0.25, -0.2) is 14.8 Å². The van der Waals surface area contributed by atoms with E-state index < -0.39 is 15.4 Å². The minimum absolute atomic E-state index is 0.0161. The molecule has 0 unspecified atom stereocenters. The summed E-state index contributed by atoms with van der Waals surface area (Å²) in [7, 11) is 0. The van der Waals surface area contributed by atoms with E-state index in [1.54, 1.807) is 11.0 Å². The summed E-state index contributed by atoms with van der Waals surface area (Å²) in [6.07, 6.45) is 5.39. The maximum absolute atomic E-state index is 12.0. The van der Waals surface area contributed by atoms with E-state index in [-0.39, 0.29) is 35.0 Å². The lowest BCUT2D eigenvalue weighted by Crippen LogP contribution is -2.44. The fourth-order valence-electron chi connectivity index (χ4n) is 3.84. The van der Waals surface area contributed by atoms with Crippen LogP contribution in [0.1, 0.15) is 46.5 Å². The smallest absolute Gasteiger partial charge is 0.410 e. The maximum Gasteiger partial charge on any atom is 0.410 e. The minimum Gasteiger partial charge on any atom is -0.474 e. The molecule has 1 N–H and O–H groups in total. The van der Waals surface area contributed by atoms with Gasteiger partial charge in [0.2, 0.25) is 11.8 Å². The number of alkyl halides is 2. The molecule has 4 rings (SSSR count). The standard InChI is InChI=1S/C15H21N3O5.C10H13N3O3.CH2Cl2/c1-15(2,3)23-14(19)17-8-6-12(7-9-17)22-13-5-4-11(10-16-13)18(20)21;14-13(15)8-1-2-10(12-7-8)16-9-3-5-11-6-4-9;2-1-3/h4-5,10,12H,6-9H2,1-3H3;1-2,7,9,11H,3-6H2;1H2. The number of pyridine rings is 2. The van der Waals surface area contributed by atoms with Gasteiger partial charge in [-0.3, -0.25) is 20.2 Å². The van der Waals surface area contributed by atoms with E-state index in [4.69, 9.17) is 37.4 Å². The number of ether oxygens (including phenoxy) is 3. The highest BCUT2D eigenvalue weighted by molar-refractivity contribution is 6.40. The van der Waals surface area contributed by atoms with Crippen molar-refractivity contribution in [1.82, 2.24) is 20.2 Å². The number of piperidine rings is 2. The molecule has 14 nitrogen and oxygen atoms in total. The molecule has 0 spiro atoms. The van der Waals surface area contributed by atoms with Gasteiger partial charge < -0.3 is 24.4 Å². The molecule has 0 atom stereocenters. The Balaban J connectivity index is 0.000000282. The number of hydrogen-bond donors (Lipinski definition) is 1. The molecule has 1 amide bonds. The number of rotatable bonds is 6. The van der Waals surface area contributed by atoms with Crippen molar-refractivity contribution in [3.05, 3.63) is 56.9 Å². The van der Waals surface area contributed by atoms with Crippen LogP contribution in [0.15, 0.2) is 36.7 Å². The molecule has 2 aromatic rings. The summed E-state index contributed by atoms with van der Waals surface area (Å²) in [6.45, 7) is 8.48. The van der Waals surface area contributed by atoms with Gasteiger partial charge in [-0.15, -0.1) is 23.2 Å². The second-order valence-electron chi connectivity index (χ2n) is 10.2. The topological polar surface area (TPSA) is 172 Å². The van der Waals surface area contributed by atoms with Gasteiger partial charge in [-0.1, -0.05) is 0 Å². The van der Waals surface area contributed by atoms with Crippen molar-refractivity contribution in [2.75, 3.05) is 31.5 Å². The molecule has 2 saturated heterocycles. The predicted octanol–water partition coefficient (Wildman–Crippen LogP) is 5.31. The third-order valence-corrected chi connectivity index (χ3v) is 5.82. The first kappa shape index (κ1) is 34.7. The van der Waals surface area contributed by atoms with Crippen LogP contribution in [-0.4, -0.2) is 80.1 Å². The predicted molar refractivity (Wildman–Crippen MR) is 156 cm³/mol. The number of amides is 1. The molecule has 16 heteroatoms. The van der Waals surface area contributed by atoms with Crippen molar-refractivity contribution in [3.8, 4) is 11.8 Å². The Bertz CT molecular complexity index is 1120. The fraction of sp³-hybridized carbons (Fsp3) is 0.577. The molecule has 0 aliphatic carbocycles. The Labute approximate surface area is 253 Å². The number of nitrogens with zero attached hydrogens (tertiary/aromatic N) is 5. The summed E-state index contributed by atoms with van der Waals surface area (Å²) in [4.78, 5) is 41.5. The molecule has 0 bridgehead atoms. The van der Waals surface area contributed by atoms with Gasteiger partial charge in [0.25, 0.3) is 11.4 Å². The SMILES string of the molecule is CC(C)(C)OC(=O)N1CCC(Oc2ccc([N+](=O)[O-])cn2)CC1.ClCCl.O=[N+]([O-])c1ccc(OC2CCNCC2)nc1. The number of likely N-dealkylation sites (tertiary alicyclic amines) is 1. The van der Waals surface area contributed by atoms with Crippen LogP contribution < -0.4 is 14.8 Å². The van der Waals surface area contributed by atoms with E-state index in [0.717, 1.165) is 25.9 Å². The first-order valence-electron chi connectivity index (χ1n) is 13.3. The average Bonchev–Trinajstić information content (AvgIpc) is 2.94. The van der Waals surface area contributed by atoms with E-state index in [1.807, 2.05) is 20.8 Å². The van der Waals surface area contributed by atoms with E-state index >= 15 is 0 Å². The van der Waals surface area contributed by atoms with Crippen molar-refractivity contribution in [2.24, 2.45) is 0 Å². The highest BCUT2D eigenvalue weighted by Gasteiger charge is 2.28. The van der Waals surface area contributed by atoms with E-state index in [1.165, 1.54) is 30.6 Å². The van der Waals surface area contributed by atoms with Crippen LogP contribution in [0.4, 0.5) is 16.2 Å². The normalized spacial score (nSPS) is 15.7. The first-order chi connectivity index (χ1) is 19.9. The fourth-order valence-corrected chi connectivity index (χ4v) is 3.84. The maximum atomic E-state index is 12.0. The summed E-state index contributed by atoms with van der Waals surface area (Å²) < 4.78 is 16.7. The molecule has 2 fully saturated rings. The Hall–Kier alpha value is -3.49. The molecule has 2 aliphatic heterocycles. The molecular formula is C26H36Cl2N6O8. The van der Waals surface area contributed by atoms with Crippen LogP contribution >= 0.6 is 23.2 Å². The van der Waals surface area contributed by atoms with Gasteiger partial charge in [0.1, 0.15) is 30.2 Å². The van der Waals surface area contributed by atoms with E-state index in [2.05, 4.69) is 15.3 Å². The van der Waals surface area contributed by atoms with Crippen molar-refractivity contribution >= 4 is 40.7 Å². The summed E-state index contributed by atoms with van der Waals surface area (Å²) in [5.74, 6) is 0.809. The van der Waals surface area contributed by atoms with Gasteiger partial charge in [0.15, 0.2) is 0 Å². The Kier molecular flexibility index (Phi) is 14.4. The van der Waals surface area contributed by atoms with Crippen LogP contribution in [0.5, 0.6) is 11.8 Å². The van der Waals surface area contributed by atoms with E-state index in [9.17, 15) is 25.0 Å². The van der Waals surface area contributed by atoms with Crippen LogP contribution in [0, 0.1) is 20.2 Å². The summed E-state index contributed by atoms with van der Waals surface area (Å²) in [5, 5.41) is 24.4. The van der Waals surface area contributed by atoms with Gasteiger partial charge in [0, 0.05) is 50.2 Å². The number of nitrogens with one attached hydrogen (secondary N) is 1. The molecule has 2 aromatic heterocycles.